The van der Waals surface area contributed by atoms with E-state index >= 15 is 0 Å². The Labute approximate surface area is 84.8 Å². The van der Waals surface area contributed by atoms with Crippen molar-refractivity contribution in [2.45, 2.75) is 44.1 Å². The van der Waals surface area contributed by atoms with E-state index in [1.807, 2.05) is 17.8 Å². The van der Waals surface area contributed by atoms with Crippen LogP contribution in [0.25, 0.3) is 0 Å². The molecule has 3 nitrogen and oxygen atoms in total. The average molecular weight is 194 g/mol. The highest BCUT2D eigenvalue weighted by atomic mass is 16.3. The van der Waals surface area contributed by atoms with Crippen molar-refractivity contribution in [3.05, 3.63) is 18.2 Å². The van der Waals surface area contributed by atoms with Gasteiger partial charge in [-0.25, -0.2) is 4.98 Å². The number of hydrogen-bond acceptors (Lipinski definition) is 2. The Morgan fingerprint density at radius 1 is 1.43 bits per heavy atom. The third-order valence-electron chi connectivity index (χ3n) is 3.19. The predicted octanol–water partition coefficient (Wildman–Crippen LogP) is 1.66. The van der Waals surface area contributed by atoms with Crippen LogP contribution in [0, 0.1) is 0 Å². The summed E-state index contributed by atoms with van der Waals surface area (Å²) in [4.78, 5) is 4.26. The van der Waals surface area contributed by atoms with Crippen LogP contribution in [-0.2, 0) is 13.5 Å². The number of aryl methyl sites for hydroxylation is 1. The largest absolute Gasteiger partial charge is 0.389 e. The van der Waals surface area contributed by atoms with Crippen molar-refractivity contribution in [3.8, 4) is 0 Å². The molecule has 1 N–H and O–H groups in total. The summed E-state index contributed by atoms with van der Waals surface area (Å²) in [6.07, 6.45) is 9.87. The normalized spacial score (nSPS) is 21.0. The standard InChI is InChI=1S/C11H18N2O/c1-13-8-7-12-10(13)9-11(14)5-3-2-4-6-11/h7-8,14H,2-6,9H2,1H3. The Morgan fingerprint density at radius 2 is 2.14 bits per heavy atom. The van der Waals surface area contributed by atoms with Gasteiger partial charge in [-0.15, -0.1) is 0 Å². The highest BCUT2D eigenvalue weighted by molar-refractivity contribution is 4.98. The molecule has 0 bridgehead atoms. The molecular formula is C11H18N2O. The van der Waals surface area contributed by atoms with Crippen molar-refractivity contribution < 1.29 is 5.11 Å². The summed E-state index contributed by atoms with van der Waals surface area (Å²) >= 11 is 0. The summed E-state index contributed by atoms with van der Waals surface area (Å²) in [5.41, 5.74) is -0.489. The van der Waals surface area contributed by atoms with E-state index in [9.17, 15) is 5.11 Å². The molecule has 1 aliphatic carbocycles. The van der Waals surface area contributed by atoms with Gasteiger partial charge in [0.2, 0.25) is 0 Å². The van der Waals surface area contributed by atoms with Crippen LogP contribution in [0.5, 0.6) is 0 Å². The molecule has 2 rings (SSSR count). The van der Waals surface area contributed by atoms with Gasteiger partial charge < -0.3 is 9.67 Å². The van der Waals surface area contributed by atoms with Gasteiger partial charge in [0, 0.05) is 25.9 Å². The van der Waals surface area contributed by atoms with Crippen molar-refractivity contribution in [2.24, 2.45) is 7.05 Å². The molecule has 0 unspecified atom stereocenters. The van der Waals surface area contributed by atoms with Crippen molar-refractivity contribution >= 4 is 0 Å². The molecule has 3 heteroatoms. The van der Waals surface area contributed by atoms with E-state index in [-0.39, 0.29) is 0 Å². The first-order chi connectivity index (χ1) is 6.70. The van der Waals surface area contributed by atoms with Gasteiger partial charge in [0.1, 0.15) is 5.82 Å². The van der Waals surface area contributed by atoms with Gasteiger partial charge in [-0.3, -0.25) is 0 Å². The highest BCUT2D eigenvalue weighted by Gasteiger charge is 2.30. The number of imidazole rings is 1. The summed E-state index contributed by atoms with van der Waals surface area (Å²) < 4.78 is 1.99. The maximum Gasteiger partial charge on any atom is 0.111 e. The summed E-state index contributed by atoms with van der Waals surface area (Å²) in [7, 11) is 1.98. The maximum atomic E-state index is 10.3. The molecule has 1 aromatic rings. The van der Waals surface area contributed by atoms with Crippen LogP contribution in [0.2, 0.25) is 0 Å². The lowest BCUT2D eigenvalue weighted by Crippen LogP contribution is -2.34. The average Bonchev–Trinajstić information content (AvgIpc) is 2.52. The number of aliphatic hydroxyl groups is 1. The zero-order valence-corrected chi connectivity index (χ0v) is 8.74. The molecule has 0 spiro atoms. The third kappa shape index (κ3) is 1.98. The quantitative estimate of drug-likeness (QED) is 0.777. The maximum absolute atomic E-state index is 10.3. The molecule has 0 aliphatic heterocycles. The van der Waals surface area contributed by atoms with Crippen LogP contribution >= 0.6 is 0 Å². The molecule has 1 saturated carbocycles. The Hall–Kier alpha value is -0.830. The minimum absolute atomic E-state index is 0.489. The van der Waals surface area contributed by atoms with Crippen molar-refractivity contribution in [1.29, 1.82) is 0 Å². The Morgan fingerprint density at radius 3 is 2.71 bits per heavy atom. The lowest BCUT2D eigenvalue weighted by molar-refractivity contribution is 0.00226. The second-order valence-corrected chi connectivity index (χ2v) is 4.42. The van der Waals surface area contributed by atoms with Gasteiger partial charge in [0.15, 0.2) is 0 Å². The minimum Gasteiger partial charge on any atom is -0.389 e. The van der Waals surface area contributed by atoms with E-state index in [1.165, 1.54) is 6.42 Å². The van der Waals surface area contributed by atoms with E-state index in [2.05, 4.69) is 4.98 Å². The Balaban J connectivity index is 2.05. The fourth-order valence-electron chi connectivity index (χ4n) is 2.25. The lowest BCUT2D eigenvalue weighted by atomic mass is 9.82. The van der Waals surface area contributed by atoms with Crippen molar-refractivity contribution in [2.75, 3.05) is 0 Å². The Kier molecular flexibility index (Phi) is 2.59. The van der Waals surface area contributed by atoms with Gasteiger partial charge in [0.25, 0.3) is 0 Å². The highest BCUT2D eigenvalue weighted by Crippen LogP contribution is 2.30. The van der Waals surface area contributed by atoms with E-state index in [1.54, 1.807) is 6.20 Å². The van der Waals surface area contributed by atoms with Crippen molar-refractivity contribution in [3.63, 3.8) is 0 Å². The molecule has 1 heterocycles. The minimum atomic E-state index is -0.489. The van der Waals surface area contributed by atoms with Crippen LogP contribution in [0.15, 0.2) is 12.4 Å². The van der Waals surface area contributed by atoms with Crippen molar-refractivity contribution in [1.82, 2.24) is 9.55 Å². The molecule has 0 atom stereocenters. The molecule has 0 amide bonds. The van der Waals surface area contributed by atoms with E-state index in [0.29, 0.717) is 6.42 Å². The molecule has 0 radical (unpaired) electrons. The van der Waals surface area contributed by atoms with Gasteiger partial charge in [0.05, 0.1) is 5.60 Å². The number of aromatic nitrogens is 2. The lowest BCUT2D eigenvalue weighted by Gasteiger charge is -2.31. The molecule has 1 aliphatic rings. The second kappa shape index (κ2) is 3.73. The molecule has 1 fully saturated rings. The van der Waals surface area contributed by atoms with Crippen LogP contribution in [0.1, 0.15) is 37.9 Å². The predicted molar refractivity (Wildman–Crippen MR) is 54.9 cm³/mol. The van der Waals surface area contributed by atoms with Crippen LogP contribution in [0.3, 0.4) is 0 Å². The number of hydrogen-bond donors (Lipinski definition) is 1. The first-order valence-corrected chi connectivity index (χ1v) is 5.38. The summed E-state index contributed by atoms with van der Waals surface area (Å²) in [5.74, 6) is 0.995. The van der Waals surface area contributed by atoms with Crippen LogP contribution in [0.4, 0.5) is 0 Å². The molecule has 78 valence electrons. The fraction of sp³-hybridized carbons (Fsp3) is 0.727. The molecule has 0 saturated heterocycles. The molecular weight excluding hydrogens is 176 g/mol. The second-order valence-electron chi connectivity index (χ2n) is 4.42. The summed E-state index contributed by atoms with van der Waals surface area (Å²) in [6, 6.07) is 0. The molecule has 1 aromatic heterocycles. The van der Waals surface area contributed by atoms with Gasteiger partial charge in [-0.1, -0.05) is 19.3 Å². The zero-order valence-electron chi connectivity index (χ0n) is 8.74. The van der Waals surface area contributed by atoms with E-state index < -0.39 is 5.60 Å². The topological polar surface area (TPSA) is 38.0 Å². The smallest absolute Gasteiger partial charge is 0.111 e. The summed E-state index contributed by atoms with van der Waals surface area (Å²) in [5, 5.41) is 10.3. The Bertz CT molecular complexity index is 300. The molecule has 0 aromatic carbocycles. The third-order valence-corrected chi connectivity index (χ3v) is 3.19. The van der Waals surface area contributed by atoms with E-state index in [0.717, 1.165) is 31.5 Å². The first-order valence-electron chi connectivity index (χ1n) is 5.38. The van der Waals surface area contributed by atoms with Gasteiger partial charge in [-0.2, -0.15) is 0 Å². The number of nitrogens with zero attached hydrogens (tertiary/aromatic N) is 2. The van der Waals surface area contributed by atoms with Crippen LogP contribution < -0.4 is 0 Å². The van der Waals surface area contributed by atoms with Crippen LogP contribution in [-0.4, -0.2) is 20.3 Å². The number of rotatable bonds is 2. The first kappa shape index (κ1) is 9.71. The summed E-state index contributed by atoms with van der Waals surface area (Å²) in [6.45, 7) is 0. The van der Waals surface area contributed by atoms with E-state index in [4.69, 9.17) is 0 Å². The van der Waals surface area contributed by atoms with Gasteiger partial charge >= 0.3 is 0 Å². The van der Waals surface area contributed by atoms with Gasteiger partial charge in [-0.05, 0) is 12.8 Å². The SMILES string of the molecule is Cn1ccnc1CC1(O)CCCCC1. The molecule has 14 heavy (non-hydrogen) atoms. The fourth-order valence-corrected chi connectivity index (χ4v) is 2.25. The zero-order chi connectivity index (χ0) is 10.0. The monoisotopic (exact) mass is 194 g/mol.